The number of thioether (sulfide) groups is 1. The molecule has 1 aliphatic heterocycles. The SMILES string of the molecule is O=C(c1cccc(Cl)c1)N1CCS[C@@H]1c1cccc(Cl)c1. The summed E-state index contributed by atoms with van der Waals surface area (Å²) in [5, 5.41) is 1.28. The minimum Gasteiger partial charge on any atom is -0.322 e. The van der Waals surface area contributed by atoms with E-state index < -0.39 is 0 Å². The molecule has 0 aromatic heterocycles. The molecule has 1 heterocycles. The number of benzene rings is 2. The third kappa shape index (κ3) is 3.20. The van der Waals surface area contributed by atoms with Crippen molar-refractivity contribution in [3.8, 4) is 0 Å². The first kappa shape index (κ1) is 14.8. The number of amides is 1. The number of rotatable bonds is 2. The van der Waals surface area contributed by atoms with Crippen LogP contribution in [0.4, 0.5) is 0 Å². The van der Waals surface area contributed by atoms with Crippen LogP contribution in [-0.2, 0) is 0 Å². The molecule has 108 valence electrons. The van der Waals surface area contributed by atoms with Gasteiger partial charge in [0.15, 0.2) is 0 Å². The number of hydrogen-bond acceptors (Lipinski definition) is 2. The highest BCUT2D eigenvalue weighted by atomic mass is 35.5. The fourth-order valence-corrected chi connectivity index (χ4v) is 4.04. The van der Waals surface area contributed by atoms with Crippen LogP contribution in [0.15, 0.2) is 48.5 Å². The average molecular weight is 338 g/mol. The summed E-state index contributed by atoms with van der Waals surface area (Å²) in [4.78, 5) is 14.6. The predicted octanol–water partition coefficient (Wildman–Crippen LogP) is 4.88. The van der Waals surface area contributed by atoms with Gasteiger partial charge in [-0.1, -0.05) is 41.4 Å². The van der Waals surface area contributed by atoms with Crippen molar-refractivity contribution in [1.82, 2.24) is 4.90 Å². The van der Waals surface area contributed by atoms with Crippen LogP contribution in [0.1, 0.15) is 21.3 Å². The van der Waals surface area contributed by atoms with E-state index in [0.29, 0.717) is 15.6 Å². The van der Waals surface area contributed by atoms with E-state index in [0.717, 1.165) is 17.9 Å². The van der Waals surface area contributed by atoms with Crippen LogP contribution in [0.5, 0.6) is 0 Å². The van der Waals surface area contributed by atoms with Crippen molar-refractivity contribution >= 4 is 40.9 Å². The van der Waals surface area contributed by atoms with Gasteiger partial charge in [-0.2, -0.15) is 0 Å². The highest BCUT2D eigenvalue weighted by Gasteiger charge is 2.31. The summed E-state index contributed by atoms with van der Waals surface area (Å²) in [6.07, 6.45) is 0. The van der Waals surface area contributed by atoms with Gasteiger partial charge in [-0.3, -0.25) is 4.79 Å². The van der Waals surface area contributed by atoms with E-state index in [-0.39, 0.29) is 11.3 Å². The molecule has 0 N–H and O–H groups in total. The van der Waals surface area contributed by atoms with E-state index in [2.05, 4.69) is 0 Å². The number of nitrogens with zero attached hydrogens (tertiary/aromatic N) is 1. The molecule has 2 aromatic rings. The van der Waals surface area contributed by atoms with E-state index in [4.69, 9.17) is 23.2 Å². The highest BCUT2D eigenvalue weighted by molar-refractivity contribution is 7.99. The minimum atomic E-state index is 0.00692. The van der Waals surface area contributed by atoms with Crippen molar-refractivity contribution in [3.63, 3.8) is 0 Å². The van der Waals surface area contributed by atoms with Gasteiger partial charge in [0, 0.05) is 27.9 Å². The maximum absolute atomic E-state index is 12.7. The Morgan fingerprint density at radius 2 is 1.81 bits per heavy atom. The second kappa shape index (κ2) is 6.30. The summed E-state index contributed by atoms with van der Waals surface area (Å²) in [6, 6.07) is 14.8. The standard InChI is InChI=1S/C16H13Cl2NOS/c17-13-5-1-3-11(9-13)15(20)19-7-8-21-16(19)12-4-2-6-14(18)10-12/h1-6,9-10,16H,7-8H2/t16-/m1/s1. The zero-order valence-corrected chi connectivity index (χ0v) is 13.5. The molecule has 0 saturated carbocycles. The number of carbonyl (C=O) groups is 1. The average Bonchev–Trinajstić information content (AvgIpc) is 2.96. The second-order valence-electron chi connectivity index (χ2n) is 4.79. The summed E-state index contributed by atoms with van der Waals surface area (Å²) in [7, 11) is 0. The molecule has 3 rings (SSSR count). The molecule has 0 radical (unpaired) electrons. The first-order valence-electron chi connectivity index (χ1n) is 6.59. The topological polar surface area (TPSA) is 20.3 Å². The first-order valence-corrected chi connectivity index (χ1v) is 8.39. The Labute approximate surface area is 138 Å². The van der Waals surface area contributed by atoms with Crippen LogP contribution in [0.25, 0.3) is 0 Å². The van der Waals surface area contributed by atoms with Gasteiger partial charge in [0.2, 0.25) is 0 Å². The lowest BCUT2D eigenvalue weighted by Gasteiger charge is -2.24. The van der Waals surface area contributed by atoms with Crippen LogP contribution in [0.2, 0.25) is 10.0 Å². The summed E-state index contributed by atoms with van der Waals surface area (Å²) >= 11 is 13.8. The molecule has 1 fully saturated rings. The van der Waals surface area contributed by atoms with E-state index in [1.807, 2.05) is 29.2 Å². The Hall–Kier alpha value is -1.16. The van der Waals surface area contributed by atoms with Gasteiger partial charge in [-0.05, 0) is 35.9 Å². The maximum Gasteiger partial charge on any atom is 0.255 e. The van der Waals surface area contributed by atoms with Crippen molar-refractivity contribution in [3.05, 3.63) is 69.7 Å². The monoisotopic (exact) mass is 337 g/mol. The van der Waals surface area contributed by atoms with E-state index in [1.54, 1.807) is 36.0 Å². The first-order chi connectivity index (χ1) is 10.1. The zero-order valence-electron chi connectivity index (χ0n) is 11.1. The normalized spacial score (nSPS) is 18.0. The largest absolute Gasteiger partial charge is 0.322 e. The number of halogens is 2. The molecule has 21 heavy (non-hydrogen) atoms. The Morgan fingerprint density at radius 3 is 2.52 bits per heavy atom. The van der Waals surface area contributed by atoms with Crippen LogP contribution < -0.4 is 0 Å². The molecule has 0 bridgehead atoms. The minimum absolute atomic E-state index is 0.00692. The van der Waals surface area contributed by atoms with Crippen molar-refractivity contribution in [2.45, 2.75) is 5.37 Å². The van der Waals surface area contributed by atoms with E-state index >= 15 is 0 Å². The summed E-state index contributed by atoms with van der Waals surface area (Å²) < 4.78 is 0. The molecular formula is C16H13Cl2NOS. The summed E-state index contributed by atoms with van der Waals surface area (Å²) in [6.45, 7) is 0.729. The van der Waals surface area contributed by atoms with Crippen molar-refractivity contribution in [1.29, 1.82) is 0 Å². The van der Waals surface area contributed by atoms with Gasteiger partial charge in [-0.15, -0.1) is 11.8 Å². The number of hydrogen-bond donors (Lipinski definition) is 0. The van der Waals surface area contributed by atoms with E-state index in [1.165, 1.54) is 0 Å². The molecular weight excluding hydrogens is 325 g/mol. The van der Waals surface area contributed by atoms with Crippen LogP contribution in [0.3, 0.4) is 0 Å². The smallest absolute Gasteiger partial charge is 0.255 e. The zero-order chi connectivity index (χ0) is 14.8. The van der Waals surface area contributed by atoms with Gasteiger partial charge in [-0.25, -0.2) is 0 Å². The Bertz CT molecular complexity index is 677. The van der Waals surface area contributed by atoms with Crippen LogP contribution in [0, 0.1) is 0 Å². The second-order valence-corrected chi connectivity index (χ2v) is 6.85. The lowest BCUT2D eigenvalue weighted by molar-refractivity contribution is 0.0760. The lowest BCUT2D eigenvalue weighted by atomic mass is 10.1. The van der Waals surface area contributed by atoms with Gasteiger partial charge >= 0.3 is 0 Å². The van der Waals surface area contributed by atoms with Gasteiger partial charge < -0.3 is 4.90 Å². The summed E-state index contributed by atoms with van der Waals surface area (Å²) in [5.41, 5.74) is 1.68. The molecule has 0 aliphatic carbocycles. The molecule has 1 aliphatic rings. The Balaban J connectivity index is 1.89. The third-order valence-corrected chi connectivity index (χ3v) is 5.09. The molecule has 1 amide bonds. The van der Waals surface area contributed by atoms with Crippen molar-refractivity contribution < 1.29 is 4.79 Å². The molecule has 1 saturated heterocycles. The van der Waals surface area contributed by atoms with Gasteiger partial charge in [0.05, 0.1) is 0 Å². The van der Waals surface area contributed by atoms with Crippen LogP contribution >= 0.6 is 35.0 Å². The predicted molar refractivity (Wildman–Crippen MR) is 89.1 cm³/mol. The quantitative estimate of drug-likeness (QED) is 0.778. The lowest BCUT2D eigenvalue weighted by Crippen LogP contribution is -2.30. The number of carbonyl (C=O) groups excluding carboxylic acids is 1. The fourth-order valence-electron chi connectivity index (χ4n) is 2.40. The van der Waals surface area contributed by atoms with Crippen LogP contribution in [-0.4, -0.2) is 23.1 Å². The highest BCUT2D eigenvalue weighted by Crippen LogP contribution is 2.39. The molecule has 0 unspecified atom stereocenters. The van der Waals surface area contributed by atoms with Crippen molar-refractivity contribution in [2.75, 3.05) is 12.3 Å². The Morgan fingerprint density at radius 1 is 1.10 bits per heavy atom. The molecule has 5 heteroatoms. The van der Waals surface area contributed by atoms with Gasteiger partial charge in [0.1, 0.15) is 5.37 Å². The molecule has 0 spiro atoms. The van der Waals surface area contributed by atoms with Gasteiger partial charge in [0.25, 0.3) is 5.91 Å². The molecule has 2 nitrogen and oxygen atoms in total. The molecule has 2 aromatic carbocycles. The Kier molecular flexibility index (Phi) is 4.43. The maximum atomic E-state index is 12.7. The fraction of sp³-hybridized carbons (Fsp3) is 0.188. The third-order valence-electron chi connectivity index (χ3n) is 3.36. The molecule has 1 atom stereocenters. The summed E-state index contributed by atoms with van der Waals surface area (Å²) in [5.74, 6) is 0.927. The van der Waals surface area contributed by atoms with Crippen molar-refractivity contribution in [2.24, 2.45) is 0 Å². The van der Waals surface area contributed by atoms with E-state index in [9.17, 15) is 4.79 Å².